The molecule has 1 aliphatic rings. The number of carbonyl (C=O) groups is 2. The first-order valence-electron chi connectivity index (χ1n) is 8.29. The Morgan fingerprint density at radius 1 is 1.11 bits per heavy atom. The number of phenols is 1. The van der Waals surface area contributed by atoms with Crippen molar-refractivity contribution in [3.05, 3.63) is 52.6 Å². The molecule has 1 atom stereocenters. The van der Waals surface area contributed by atoms with Gasteiger partial charge in [-0.1, -0.05) is 40.2 Å². The number of ketones is 2. The summed E-state index contributed by atoms with van der Waals surface area (Å²) in [6, 6.07) is 7.96. The molecule has 0 heterocycles. The topological polar surface area (TPSA) is 107 Å². The van der Waals surface area contributed by atoms with E-state index in [0.717, 1.165) is 0 Å². The molecule has 0 radical (unpaired) electrons. The highest BCUT2D eigenvalue weighted by molar-refractivity contribution is 9.09. The van der Waals surface area contributed by atoms with Gasteiger partial charge in [-0.05, 0) is 6.07 Å². The van der Waals surface area contributed by atoms with Gasteiger partial charge in [0.15, 0.2) is 11.6 Å². The quantitative estimate of drug-likeness (QED) is 0.248. The maximum absolute atomic E-state index is 13.1. The van der Waals surface area contributed by atoms with Crippen molar-refractivity contribution in [3.63, 3.8) is 0 Å². The van der Waals surface area contributed by atoms with Crippen LogP contribution in [0.25, 0.3) is 0 Å². The predicted molar refractivity (Wildman–Crippen MR) is 108 cm³/mol. The summed E-state index contributed by atoms with van der Waals surface area (Å²) < 4.78 is 0. The number of phenolic OH excluding ortho intramolecular Hbond substituents is 1. The lowest BCUT2D eigenvalue weighted by atomic mass is 9.82. The Kier molecular flexibility index (Phi) is 6.21. The van der Waals surface area contributed by atoms with Gasteiger partial charge in [-0.2, -0.15) is 0 Å². The third-order valence-electron chi connectivity index (χ3n) is 4.20. The maximum Gasteiger partial charge on any atom is 0.198 e. The van der Waals surface area contributed by atoms with Crippen molar-refractivity contribution < 1.29 is 24.9 Å². The van der Waals surface area contributed by atoms with Crippen LogP contribution in [0.2, 0.25) is 0 Å². The molecule has 6 nitrogen and oxygen atoms in total. The Bertz CT molecular complexity index is 902. The second kappa shape index (κ2) is 8.43. The van der Waals surface area contributed by atoms with Gasteiger partial charge in [0.05, 0.1) is 29.5 Å². The second-order valence-electron chi connectivity index (χ2n) is 5.98. The number of halogens is 1. The molecule has 0 saturated carbocycles. The molecule has 0 saturated heterocycles. The van der Waals surface area contributed by atoms with Crippen LogP contribution in [0.1, 0.15) is 31.8 Å². The molecule has 0 fully saturated rings. The minimum absolute atomic E-state index is 0.00128. The summed E-state index contributed by atoms with van der Waals surface area (Å²) in [6.07, 6.45) is -1.02. The van der Waals surface area contributed by atoms with Crippen LogP contribution in [0.3, 0.4) is 0 Å². The molecule has 1 aliphatic carbocycles. The van der Waals surface area contributed by atoms with Gasteiger partial charge in [-0.3, -0.25) is 9.59 Å². The Labute approximate surface area is 168 Å². The molecular weight excluding hydrogens is 434 g/mol. The minimum atomic E-state index is -1.02. The van der Waals surface area contributed by atoms with Crippen LogP contribution in [0.4, 0.5) is 5.69 Å². The molecule has 2 aromatic carbocycles. The summed E-state index contributed by atoms with van der Waals surface area (Å²) in [5.74, 6) is -0.352. The average molecular weight is 452 g/mol. The molecule has 0 spiro atoms. The summed E-state index contributed by atoms with van der Waals surface area (Å²) in [7, 11) is 0. The van der Waals surface area contributed by atoms with Gasteiger partial charge >= 0.3 is 0 Å². The van der Waals surface area contributed by atoms with Crippen LogP contribution < -0.4 is 5.32 Å². The van der Waals surface area contributed by atoms with E-state index in [1.807, 2.05) is 0 Å². The van der Waals surface area contributed by atoms with Crippen molar-refractivity contribution in [2.45, 2.75) is 11.0 Å². The largest absolute Gasteiger partial charge is 0.507 e. The number of thioether (sulfide) groups is 1. The smallest absolute Gasteiger partial charge is 0.198 e. The summed E-state index contributed by atoms with van der Waals surface area (Å²) in [5, 5.41) is 32.9. The molecule has 2 aromatic rings. The number of benzene rings is 2. The van der Waals surface area contributed by atoms with Crippen LogP contribution >= 0.6 is 27.7 Å². The summed E-state index contributed by atoms with van der Waals surface area (Å²) in [5.41, 5.74) is 0.980. The van der Waals surface area contributed by atoms with Crippen molar-refractivity contribution in [1.82, 2.24) is 0 Å². The van der Waals surface area contributed by atoms with E-state index in [1.54, 1.807) is 24.3 Å². The van der Waals surface area contributed by atoms with Crippen LogP contribution in [-0.4, -0.2) is 57.2 Å². The number of fused-ring (bicyclic) bond motifs is 2. The zero-order valence-electron chi connectivity index (χ0n) is 14.2. The van der Waals surface area contributed by atoms with Gasteiger partial charge in [0, 0.05) is 33.7 Å². The second-order valence-corrected chi connectivity index (χ2v) is 7.91. The van der Waals surface area contributed by atoms with E-state index in [0.29, 0.717) is 21.7 Å². The Balaban J connectivity index is 2.18. The number of hydrogen-bond acceptors (Lipinski definition) is 7. The molecule has 0 aromatic heterocycles. The van der Waals surface area contributed by atoms with E-state index in [4.69, 9.17) is 5.11 Å². The zero-order chi connectivity index (χ0) is 19.6. The van der Waals surface area contributed by atoms with Gasteiger partial charge in [-0.25, -0.2) is 0 Å². The maximum atomic E-state index is 13.1. The number of anilines is 1. The molecule has 0 bridgehead atoms. The molecule has 1 unspecified atom stereocenters. The molecule has 27 heavy (non-hydrogen) atoms. The fraction of sp³-hybridized carbons (Fsp3) is 0.263. The molecule has 0 aliphatic heterocycles. The summed E-state index contributed by atoms with van der Waals surface area (Å²) in [4.78, 5) is 26.6. The molecule has 0 amide bonds. The summed E-state index contributed by atoms with van der Waals surface area (Å²) >= 11 is 4.74. The van der Waals surface area contributed by atoms with Gasteiger partial charge in [0.25, 0.3) is 0 Å². The van der Waals surface area contributed by atoms with E-state index in [1.165, 1.54) is 17.8 Å². The van der Waals surface area contributed by atoms with Crippen molar-refractivity contribution in [2.24, 2.45) is 0 Å². The molecule has 3 rings (SSSR count). The van der Waals surface area contributed by atoms with Crippen molar-refractivity contribution in [2.75, 3.05) is 29.6 Å². The number of hydrogen-bond donors (Lipinski definition) is 4. The SMILES string of the molecule is O=C1c2ccccc2C(=O)c2c(NCC(O)CO)c(SCCBr)cc(O)c21. The van der Waals surface area contributed by atoms with E-state index in [-0.39, 0.29) is 40.3 Å². The molecule has 8 heteroatoms. The number of aliphatic hydroxyl groups is 2. The van der Waals surface area contributed by atoms with Crippen molar-refractivity contribution in [3.8, 4) is 5.75 Å². The number of rotatable bonds is 7. The van der Waals surface area contributed by atoms with E-state index in [9.17, 15) is 19.8 Å². The van der Waals surface area contributed by atoms with Crippen LogP contribution in [-0.2, 0) is 0 Å². The monoisotopic (exact) mass is 451 g/mol. The molecule has 142 valence electrons. The number of nitrogens with one attached hydrogen (secondary N) is 1. The van der Waals surface area contributed by atoms with Crippen molar-refractivity contribution >= 4 is 44.9 Å². The lowest BCUT2D eigenvalue weighted by Gasteiger charge is -2.24. The third kappa shape index (κ3) is 3.75. The van der Waals surface area contributed by atoms with Gasteiger partial charge in [0.1, 0.15) is 5.75 Å². The Morgan fingerprint density at radius 3 is 2.33 bits per heavy atom. The minimum Gasteiger partial charge on any atom is -0.507 e. The number of aliphatic hydroxyl groups excluding tert-OH is 2. The average Bonchev–Trinajstić information content (AvgIpc) is 2.68. The first-order chi connectivity index (χ1) is 13.0. The van der Waals surface area contributed by atoms with Gasteiger partial charge < -0.3 is 20.6 Å². The lowest BCUT2D eigenvalue weighted by Crippen LogP contribution is -2.27. The van der Waals surface area contributed by atoms with Gasteiger partial charge in [0.2, 0.25) is 0 Å². The zero-order valence-corrected chi connectivity index (χ0v) is 16.6. The standard InChI is InChI=1S/C19H18BrNO5S/c20-5-6-27-14-7-13(24)15-16(17(14)21-8-10(23)9-22)19(26)12-4-2-1-3-11(12)18(15)25/h1-4,7,10,21-24H,5-6,8-9H2. The molecular formula is C19H18BrNO5S. The Morgan fingerprint density at radius 2 is 1.74 bits per heavy atom. The van der Waals surface area contributed by atoms with Crippen LogP contribution in [0, 0.1) is 0 Å². The molecule has 4 N–H and O–H groups in total. The normalized spacial score (nSPS) is 13.9. The van der Waals surface area contributed by atoms with Crippen LogP contribution in [0.5, 0.6) is 5.75 Å². The highest BCUT2D eigenvalue weighted by Gasteiger charge is 2.35. The van der Waals surface area contributed by atoms with E-state index in [2.05, 4.69) is 21.2 Å². The predicted octanol–water partition coefficient (Wildman–Crippen LogP) is 2.42. The first-order valence-corrected chi connectivity index (χ1v) is 10.4. The van der Waals surface area contributed by atoms with Crippen LogP contribution in [0.15, 0.2) is 35.2 Å². The van der Waals surface area contributed by atoms with E-state index >= 15 is 0 Å². The highest BCUT2D eigenvalue weighted by Crippen LogP contribution is 2.42. The number of aromatic hydroxyl groups is 1. The lowest BCUT2D eigenvalue weighted by molar-refractivity contribution is 0.0976. The van der Waals surface area contributed by atoms with Crippen molar-refractivity contribution in [1.29, 1.82) is 0 Å². The summed E-state index contributed by atoms with van der Waals surface area (Å²) in [6.45, 7) is -0.439. The van der Waals surface area contributed by atoms with Gasteiger partial charge in [-0.15, -0.1) is 11.8 Å². The highest BCUT2D eigenvalue weighted by atomic mass is 79.9. The first kappa shape index (κ1) is 19.9. The fourth-order valence-electron chi connectivity index (χ4n) is 2.97. The third-order valence-corrected chi connectivity index (χ3v) is 6.16. The Hall–Kier alpha value is -1.87. The fourth-order valence-corrected chi connectivity index (χ4v) is 4.27. The number of alkyl halides is 1. The number of carbonyl (C=O) groups excluding carboxylic acids is 2. The van der Waals surface area contributed by atoms with E-state index < -0.39 is 18.5 Å².